The molecular formula is C13H28S. The van der Waals surface area contributed by atoms with Gasteiger partial charge in [-0.05, 0) is 25.0 Å². The first-order valence-electron chi connectivity index (χ1n) is 6.31. The summed E-state index contributed by atoms with van der Waals surface area (Å²) in [5.41, 5.74) is 0. The van der Waals surface area contributed by atoms with Gasteiger partial charge in [-0.3, -0.25) is 0 Å². The maximum absolute atomic E-state index is 2.35. The van der Waals surface area contributed by atoms with E-state index in [1.54, 1.807) is 0 Å². The molecule has 0 radical (unpaired) electrons. The zero-order valence-electron chi connectivity index (χ0n) is 10.5. The van der Waals surface area contributed by atoms with Crippen LogP contribution in [0.1, 0.15) is 65.7 Å². The third kappa shape index (κ3) is 6.75. The Bertz CT molecular complexity index is 108. The lowest BCUT2D eigenvalue weighted by Gasteiger charge is -2.20. The van der Waals surface area contributed by atoms with Crippen LogP contribution in [0.4, 0.5) is 0 Å². The molecule has 0 aliphatic rings. The summed E-state index contributed by atoms with van der Waals surface area (Å²) in [6, 6.07) is 0. The second kappa shape index (κ2) is 9.89. The molecule has 14 heavy (non-hydrogen) atoms. The summed E-state index contributed by atoms with van der Waals surface area (Å²) >= 11 is 2.05. The Kier molecular flexibility index (Phi) is 10.1. The lowest BCUT2D eigenvalue weighted by Crippen LogP contribution is -2.09. The molecule has 0 heterocycles. The van der Waals surface area contributed by atoms with Gasteiger partial charge in [-0.2, -0.15) is 11.8 Å². The molecule has 2 atom stereocenters. The molecular weight excluding hydrogens is 188 g/mol. The van der Waals surface area contributed by atoms with Gasteiger partial charge < -0.3 is 0 Å². The molecule has 0 aliphatic heterocycles. The minimum atomic E-state index is 0.904. The minimum Gasteiger partial charge on any atom is -0.162 e. The SMILES string of the molecule is CCCCC[C@H](CC)CC(CC)SC. The molecule has 1 heteroatoms. The highest BCUT2D eigenvalue weighted by molar-refractivity contribution is 7.99. The number of hydrogen-bond donors (Lipinski definition) is 0. The predicted molar refractivity (Wildman–Crippen MR) is 70.1 cm³/mol. The second-order valence-electron chi connectivity index (χ2n) is 4.27. The van der Waals surface area contributed by atoms with Crippen molar-refractivity contribution < 1.29 is 0 Å². The van der Waals surface area contributed by atoms with Crippen LogP contribution >= 0.6 is 11.8 Å². The molecule has 0 aromatic heterocycles. The van der Waals surface area contributed by atoms with Crippen molar-refractivity contribution >= 4 is 11.8 Å². The van der Waals surface area contributed by atoms with Crippen LogP contribution in [0.15, 0.2) is 0 Å². The van der Waals surface area contributed by atoms with E-state index in [0.717, 1.165) is 11.2 Å². The third-order valence-corrected chi connectivity index (χ3v) is 4.37. The summed E-state index contributed by atoms with van der Waals surface area (Å²) in [6.07, 6.45) is 12.1. The molecule has 0 spiro atoms. The number of hydrogen-bond acceptors (Lipinski definition) is 1. The predicted octanol–water partition coefficient (Wildman–Crippen LogP) is 5.12. The zero-order chi connectivity index (χ0) is 10.8. The van der Waals surface area contributed by atoms with Crippen molar-refractivity contribution in [3.8, 4) is 0 Å². The van der Waals surface area contributed by atoms with Crippen LogP contribution in [0.2, 0.25) is 0 Å². The average molecular weight is 216 g/mol. The van der Waals surface area contributed by atoms with Crippen LogP contribution in [0.3, 0.4) is 0 Å². The van der Waals surface area contributed by atoms with E-state index in [-0.39, 0.29) is 0 Å². The Morgan fingerprint density at radius 3 is 2.14 bits per heavy atom. The molecule has 0 aromatic carbocycles. The Morgan fingerprint density at radius 1 is 1.00 bits per heavy atom. The number of unbranched alkanes of at least 4 members (excludes halogenated alkanes) is 2. The number of thioether (sulfide) groups is 1. The summed E-state index contributed by atoms with van der Waals surface area (Å²) in [7, 11) is 0. The molecule has 1 unspecified atom stereocenters. The van der Waals surface area contributed by atoms with Gasteiger partial charge in [0.1, 0.15) is 0 Å². The van der Waals surface area contributed by atoms with Crippen molar-refractivity contribution in [2.45, 2.75) is 71.0 Å². The monoisotopic (exact) mass is 216 g/mol. The van der Waals surface area contributed by atoms with E-state index < -0.39 is 0 Å². The molecule has 86 valence electrons. The van der Waals surface area contributed by atoms with E-state index in [2.05, 4.69) is 38.8 Å². The molecule has 0 nitrogen and oxygen atoms in total. The lowest BCUT2D eigenvalue weighted by molar-refractivity contribution is 0.409. The molecule has 0 bridgehead atoms. The molecule has 0 rings (SSSR count). The van der Waals surface area contributed by atoms with Crippen molar-refractivity contribution in [1.29, 1.82) is 0 Å². The van der Waals surface area contributed by atoms with Crippen LogP contribution in [0, 0.1) is 5.92 Å². The van der Waals surface area contributed by atoms with Crippen LogP contribution in [0.5, 0.6) is 0 Å². The van der Waals surface area contributed by atoms with Crippen molar-refractivity contribution in [2.24, 2.45) is 5.92 Å². The molecule has 0 saturated heterocycles. The average Bonchev–Trinajstić information content (AvgIpc) is 2.23. The second-order valence-corrected chi connectivity index (χ2v) is 5.41. The van der Waals surface area contributed by atoms with E-state index >= 15 is 0 Å². The number of rotatable bonds is 9. The molecule has 0 fully saturated rings. The fourth-order valence-electron chi connectivity index (χ4n) is 1.97. The fourth-order valence-corrected chi connectivity index (χ4v) is 2.77. The zero-order valence-corrected chi connectivity index (χ0v) is 11.3. The summed E-state index contributed by atoms with van der Waals surface area (Å²) in [6.45, 7) is 6.96. The highest BCUT2D eigenvalue weighted by Crippen LogP contribution is 2.25. The van der Waals surface area contributed by atoms with Crippen LogP contribution in [0.25, 0.3) is 0 Å². The first-order valence-corrected chi connectivity index (χ1v) is 7.59. The summed E-state index contributed by atoms with van der Waals surface area (Å²) in [5.74, 6) is 0.985. The molecule has 0 N–H and O–H groups in total. The van der Waals surface area contributed by atoms with Gasteiger partial charge in [0.15, 0.2) is 0 Å². The van der Waals surface area contributed by atoms with Crippen LogP contribution < -0.4 is 0 Å². The van der Waals surface area contributed by atoms with Gasteiger partial charge in [0, 0.05) is 5.25 Å². The topological polar surface area (TPSA) is 0 Å². The summed E-state index contributed by atoms with van der Waals surface area (Å²) in [5, 5.41) is 0.904. The van der Waals surface area contributed by atoms with Gasteiger partial charge in [0.05, 0.1) is 0 Å². The Morgan fingerprint density at radius 2 is 1.71 bits per heavy atom. The van der Waals surface area contributed by atoms with E-state index in [9.17, 15) is 0 Å². The van der Waals surface area contributed by atoms with Gasteiger partial charge in [0.2, 0.25) is 0 Å². The van der Waals surface area contributed by atoms with Crippen molar-refractivity contribution in [1.82, 2.24) is 0 Å². The van der Waals surface area contributed by atoms with Gasteiger partial charge >= 0.3 is 0 Å². The standard InChI is InChI=1S/C13H28S/c1-5-8-9-10-12(6-2)11-13(7-3)14-4/h12-13H,5-11H2,1-4H3/t12-,13?/m0/s1. The lowest BCUT2D eigenvalue weighted by atomic mass is 9.93. The van der Waals surface area contributed by atoms with Gasteiger partial charge in [-0.1, -0.05) is 52.9 Å². The molecule has 0 saturated carbocycles. The highest BCUT2D eigenvalue weighted by atomic mass is 32.2. The van der Waals surface area contributed by atoms with Crippen molar-refractivity contribution in [3.63, 3.8) is 0 Å². The maximum atomic E-state index is 2.35. The van der Waals surface area contributed by atoms with Crippen molar-refractivity contribution in [3.05, 3.63) is 0 Å². The first-order chi connectivity index (χ1) is 6.78. The maximum Gasteiger partial charge on any atom is 0.00442 e. The Hall–Kier alpha value is 0.350. The quantitative estimate of drug-likeness (QED) is 0.482. The van der Waals surface area contributed by atoms with E-state index in [0.29, 0.717) is 0 Å². The Balaban J connectivity index is 3.65. The van der Waals surface area contributed by atoms with Crippen molar-refractivity contribution in [2.75, 3.05) is 6.26 Å². The van der Waals surface area contributed by atoms with Gasteiger partial charge in [0.25, 0.3) is 0 Å². The van der Waals surface area contributed by atoms with Crippen LogP contribution in [-0.2, 0) is 0 Å². The highest BCUT2D eigenvalue weighted by Gasteiger charge is 2.12. The smallest absolute Gasteiger partial charge is 0.00442 e. The van der Waals surface area contributed by atoms with E-state index in [1.165, 1.54) is 44.9 Å². The first kappa shape index (κ1) is 14.3. The molecule has 0 aromatic rings. The van der Waals surface area contributed by atoms with E-state index in [4.69, 9.17) is 0 Å². The van der Waals surface area contributed by atoms with Crippen LogP contribution in [-0.4, -0.2) is 11.5 Å². The molecule has 0 amide bonds. The fraction of sp³-hybridized carbons (Fsp3) is 1.00. The summed E-state index contributed by atoms with van der Waals surface area (Å²) in [4.78, 5) is 0. The summed E-state index contributed by atoms with van der Waals surface area (Å²) < 4.78 is 0. The Labute approximate surface area is 95.2 Å². The normalized spacial score (nSPS) is 15.4. The minimum absolute atomic E-state index is 0.904. The molecule has 0 aliphatic carbocycles. The largest absolute Gasteiger partial charge is 0.162 e. The third-order valence-electron chi connectivity index (χ3n) is 3.18. The van der Waals surface area contributed by atoms with Gasteiger partial charge in [-0.25, -0.2) is 0 Å². The van der Waals surface area contributed by atoms with E-state index in [1.807, 2.05) is 0 Å². The van der Waals surface area contributed by atoms with Gasteiger partial charge in [-0.15, -0.1) is 0 Å².